The monoisotopic (exact) mass is 740 g/mol. The second-order valence-electron chi connectivity index (χ2n) is 20.2. The van der Waals surface area contributed by atoms with E-state index < -0.39 is 28.2 Å². The van der Waals surface area contributed by atoms with Crippen LogP contribution in [0, 0.1) is 28.6 Å². The van der Waals surface area contributed by atoms with Crippen LogP contribution in [-0.2, 0) is 13.6 Å². The first-order valence-corrected chi connectivity index (χ1v) is 26.4. The van der Waals surface area contributed by atoms with Gasteiger partial charge < -0.3 is 18.9 Å². The summed E-state index contributed by atoms with van der Waals surface area (Å²) >= 11 is 0. The lowest BCUT2D eigenvalue weighted by Gasteiger charge is -2.45. The van der Waals surface area contributed by atoms with Crippen LogP contribution in [0.2, 0.25) is 36.3 Å². The van der Waals surface area contributed by atoms with Crippen LogP contribution in [0.5, 0.6) is 0 Å². The number of hydrogen-bond donors (Lipinski definition) is 1. The molecule has 0 aromatic rings. The average Bonchev–Trinajstić information content (AvgIpc) is 3.75. The molecule has 5 nitrogen and oxygen atoms in total. The van der Waals surface area contributed by atoms with Crippen LogP contribution in [0.25, 0.3) is 0 Å². The molecule has 0 aromatic carbocycles. The number of allylic oxidation sites excluding steroid dienone is 4. The van der Waals surface area contributed by atoms with Gasteiger partial charge in [-0.1, -0.05) is 91.8 Å². The van der Waals surface area contributed by atoms with Gasteiger partial charge in [0.25, 0.3) is 0 Å². The van der Waals surface area contributed by atoms with E-state index in [-0.39, 0.29) is 33.6 Å². The van der Waals surface area contributed by atoms with Crippen molar-refractivity contribution in [2.24, 2.45) is 28.6 Å². The topological polar surface area (TPSA) is 59.0 Å². The smallest absolute Gasteiger partial charge is 0.231 e. The fourth-order valence-electron chi connectivity index (χ4n) is 9.10. The summed E-state index contributed by atoms with van der Waals surface area (Å²) in [5.41, 5.74) is 3.68. The van der Waals surface area contributed by atoms with Gasteiger partial charge in [0.15, 0.2) is 16.6 Å². The molecule has 4 aliphatic rings. The summed E-state index contributed by atoms with van der Waals surface area (Å²) in [4.78, 5) is 15.1. The van der Waals surface area contributed by atoms with E-state index in [1.54, 1.807) is 5.57 Å². The van der Waals surface area contributed by atoms with Gasteiger partial charge in [0, 0.05) is 19.5 Å². The van der Waals surface area contributed by atoms with Gasteiger partial charge in [-0.25, -0.2) is 0 Å². The van der Waals surface area contributed by atoms with Crippen molar-refractivity contribution in [2.45, 2.75) is 182 Å². The van der Waals surface area contributed by atoms with Gasteiger partial charge >= 0.3 is 0 Å². The third kappa shape index (κ3) is 8.84. The molecule has 4 rings (SSSR count). The molecule has 51 heavy (non-hydrogen) atoms. The quantitative estimate of drug-likeness (QED) is 0.160. The summed E-state index contributed by atoms with van der Waals surface area (Å²) in [7, 11) is -3.98. The highest BCUT2D eigenvalue weighted by molar-refractivity contribution is 6.74. The third-order valence-electron chi connectivity index (χ3n) is 14.8. The number of hydrogen-bond acceptors (Lipinski definition) is 4. The van der Waals surface area contributed by atoms with E-state index in [4.69, 9.17) is 15.4 Å². The molecular formula is C44H77NO4Si2. The number of nitrogens with zero attached hydrogens (tertiary/aromatic N) is 1. The van der Waals surface area contributed by atoms with E-state index >= 15 is 0 Å². The predicted octanol–water partition coefficient (Wildman–Crippen LogP) is 11.4. The molecule has 0 aromatic heterocycles. The molecule has 0 aliphatic heterocycles. The molecule has 4 saturated carbocycles. The van der Waals surface area contributed by atoms with E-state index in [1.807, 2.05) is 24.8 Å². The van der Waals surface area contributed by atoms with Crippen molar-refractivity contribution in [2.75, 3.05) is 13.1 Å². The summed E-state index contributed by atoms with van der Waals surface area (Å²) in [5.74, 6) is 1.61. The van der Waals surface area contributed by atoms with Gasteiger partial charge in [0.05, 0.1) is 23.7 Å². The van der Waals surface area contributed by atoms with Crippen LogP contribution in [0.3, 0.4) is 0 Å². The van der Waals surface area contributed by atoms with Crippen LogP contribution in [0.1, 0.15) is 127 Å². The predicted molar refractivity (Wildman–Crippen MR) is 221 cm³/mol. The second-order valence-corrected chi connectivity index (χ2v) is 29.7. The molecule has 0 spiro atoms. The number of aliphatic hydroxyl groups excluding tert-OH is 1. The molecule has 0 bridgehead atoms. The van der Waals surface area contributed by atoms with E-state index in [9.17, 15) is 9.90 Å². The van der Waals surface area contributed by atoms with Crippen molar-refractivity contribution in [3.05, 3.63) is 47.6 Å². The Morgan fingerprint density at radius 2 is 1.55 bits per heavy atom. The van der Waals surface area contributed by atoms with Crippen LogP contribution in [0.4, 0.5) is 0 Å². The van der Waals surface area contributed by atoms with Crippen molar-refractivity contribution >= 4 is 22.5 Å². The number of rotatable bonds is 12. The van der Waals surface area contributed by atoms with Crippen molar-refractivity contribution in [3.8, 4) is 0 Å². The number of amides is 1. The van der Waals surface area contributed by atoms with Gasteiger partial charge in [-0.2, -0.15) is 0 Å². The lowest BCUT2D eigenvalue weighted by molar-refractivity contribution is -0.139. The number of carbonyl (C=O) groups excluding carboxylic acids is 1. The Morgan fingerprint density at radius 1 is 0.961 bits per heavy atom. The summed E-state index contributed by atoms with van der Waals surface area (Å²) in [5, 5.41) is 11.5. The zero-order valence-electron chi connectivity index (χ0n) is 35.4. The second kappa shape index (κ2) is 15.5. The summed E-state index contributed by atoms with van der Waals surface area (Å²) < 4.78 is 14.2. The Bertz CT molecular complexity index is 1360. The molecule has 0 unspecified atom stereocenters. The Morgan fingerprint density at radius 3 is 2.10 bits per heavy atom. The van der Waals surface area contributed by atoms with Crippen LogP contribution < -0.4 is 0 Å². The molecule has 0 saturated heterocycles. The SMILES string of the molecule is C=C1/C(=C\C=C2/CCC[C@]3(C)[C@@H]([C@H](C)/C=C/[C@@H](O)C4(C(=O)N(CC)CC)CC4)CC[C@@H]23)C[C@@H](O[Si](C)(C)C(C)(C)C)C[C@@H]1O[Si](C)(C)C(C)(C)C. The lowest BCUT2D eigenvalue weighted by Crippen LogP contribution is -2.49. The maximum absolute atomic E-state index is 13.2. The lowest BCUT2D eigenvalue weighted by atomic mass is 9.61. The molecule has 1 amide bonds. The van der Waals surface area contributed by atoms with Crippen LogP contribution >= 0.6 is 0 Å². The zero-order chi connectivity index (χ0) is 38.4. The molecule has 0 heterocycles. The maximum atomic E-state index is 13.2. The van der Waals surface area contributed by atoms with E-state index in [2.05, 4.69) is 99.8 Å². The minimum absolute atomic E-state index is 0.00776. The van der Waals surface area contributed by atoms with Gasteiger partial charge in [-0.3, -0.25) is 4.79 Å². The minimum Gasteiger partial charge on any atom is -0.413 e. The Balaban J connectivity index is 1.55. The highest BCUT2D eigenvalue weighted by atomic mass is 28.4. The number of fused-ring (bicyclic) bond motifs is 1. The van der Waals surface area contributed by atoms with Crippen molar-refractivity contribution in [1.82, 2.24) is 4.90 Å². The first-order chi connectivity index (χ1) is 23.4. The standard InChI is InChI=1S/C44H77NO4Si2/c1-16-45(17-2)40(47)44(27-28-44)39(46)25-20-31(3)36-23-24-37-33(19-18-26-43(36,37)11)21-22-34-29-35(48-50(12,13)41(5,6)7)30-38(32(34)4)49-51(14,15)42(8,9)10/h20-22,25,31,35-39,46H,4,16-19,23-24,26-30H2,1-3,5-15H3/b25-20+,33-21+,34-22-/t31-,35-,36-,37+,38+,39-,43-/m1/s1. The van der Waals surface area contributed by atoms with E-state index in [0.29, 0.717) is 30.8 Å². The molecule has 7 atom stereocenters. The summed E-state index contributed by atoms with van der Waals surface area (Å²) in [6.07, 6.45) is 17.9. The largest absolute Gasteiger partial charge is 0.413 e. The first-order valence-electron chi connectivity index (χ1n) is 20.5. The Kier molecular flexibility index (Phi) is 12.9. The first kappa shape index (κ1) is 42.5. The van der Waals surface area contributed by atoms with Gasteiger partial charge in [0.1, 0.15) is 0 Å². The third-order valence-corrected chi connectivity index (χ3v) is 23.9. The fourth-order valence-corrected chi connectivity index (χ4v) is 11.8. The van der Waals surface area contributed by atoms with Gasteiger partial charge in [-0.05, 0) is 136 Å². The Hall–Kier alpha value is -1.26. The number of carbonyl (C=O) groups is 1. The normalized spacial score (nSPS) is 31.6. The van der Waals surface area contributed by atoms with Crippen molar-refractivity contribution in [1.29, 1.82) is 0 Å². The fraction of sp³-hybridized carbons (Fsp3) is 0.795. The molecule has 7 heteroatoms. The molecule has 1 N–H and O–H groups in total. The molecule has 290 valence electrons. The molecular weight excluding hydrogens is 663 g/mol. The van der Waals surface area contributed by atoms with Crippen molar-refractivity contribution in [3.63, 3.8) is 0 Å². The van der Waals surface area contributed by atoms with Crippen LogP contribution in [-0.4, -0.2) is 63.9 Å². The van der Waals surface area contributed by atoms with Crippen LogP contribution in [0.15, 0.2) is 47.6 Å². The zero-order valence-corrected chi connectivity index (χ0v) is 37.4. The van der Waals surface area contributed by atoms with E-state index in [0.717, 1.165) is 37.7 Å². The van der Waals surface area contributed by atoms with Crippen molar-refractivity contribution < 1.29 is 18.8 Å². The van der Waals surface area contributed by atoms with Gasteiger partial charge in [0.2, 0.25) is 5.91 Å². The summed E-state index contributed by atoms with van der Waals surface area (Å²) in [6.45, 7) is 38.4. The summed E-state index contributed by atoms with van der Waals surface area (Å²) in [6, 6.07) is 0. The average molecular weight is 740 g/mol. The highest BCUT2D eigenvalue weighted by Gasteiger charge is 2.56. The number of aliphatic hydroxyl groups is 1. The highest BCUT2D eigenvalue weighted by Crippen LogP contribution is 2.60. The van der Waals surface area contributed by atoms with Gasteiger partial charge in [-0.15, -0.1) is 0 Å². The van der Waals surface area contributed by atoms with E-state index in [1.165, 1.54) is 31.3 Å². The Labute approximate surface area is 316 Å². The molecule has 4 fully saturated rings. The maximum Gasteiger partial charge on any atom is 0.231 e. The minimum atomic E-state index is -2.01. The molecule has 0 radical (unpaired) electrons. The molecule has 4 aliphatic carbocycles.